The Morgan fingerprint density at radius 3 is 2.16 bits per heavy atom. The number of amides is 5. The number of aromatic hydroxyl groups is 1. The summed E-state index contributed by atoms with van der Waals surface area (Å²) in [5, 5.41) is 25.4. The van der Waals surface area contributed by atoms with Gasteiger partial charge in [0.2, 0.25) is 5.91 Å². The number of aliphatic carboxylic acids is 1. The van der Waals surface area contributed by atoms with Gasteiger partial charge < -0.3 is 35.5 Å². The van der Waals surface area contributed by atoms with Gasteiger partial charge in [0, 0.05) is 83.1 Å². The van der Waals surface area contributed by atoms with Gasteiger partial charge >= 0.3 is 18.0 Å². The minimum Gasteiger partial charge on any atom is -0.506 e. The summed E-state index contributed by atoms with van der Waals surface area (Å²) >= 11 is 6.77. The van der Waals surface area contributed by atoms with E-state index in [1.807, 2.05) is 39.0 Å². The number of piperazine rings is 1. The lowest BCUT2D eigenvalue weighted by Gasteiger charge is -2.43. The number of carbonyl (C=O) groups excluding carboxylic acids is 3. The summed E-state index contributed by atoms with van der Waals surface area (Å²) in [6.07, 6.45) is 3.31. The van der Waals surface area contributed by atoms with Crippen LogP contribution < -0.4 is 10.6 Å². The number of hydrogen-bond acceptors (Lipinski definition) is 7. The van der Waals surface area contributed by atoms with E-state index in [0.29, 0.717) is 73.6 Å². The number of carboxylic acids is 1. The number of piperidine rings is 2. The standard InChI is InChI=1S/C34H43Br2N7O6/c35-26-17-22(18-27(36)31(26)46)19-29(32(47)41-15-13-40(14-16-41)24-5-9-39(10-6-24)21-30(44)45)38-33(48)42-11-7-25(8-12-42)43-20-23-3-1-2-4-28(23)37-34(43)49/h1-4,17-18,24-25,29,46H,5-16,19-21H2,(H,37,49)(H,38,48)(H,44,45)/t29-/m1/s1. The fourth-order valence-electron chi connectivity index (χ4n) is 7.47. The number of carboxylic acid groups (broad SMARTS) is 1. The van der Waals surface area contributed by atoms with Crippen molar-refractivity contribution in [2.75, 3.05) is 64.2 Å². The van der Waals surface area contributed by atoms with Crippen LogP contribution in [-0.4, -0.2) is 136 Å². The average Bonchev–Trinajstić information content (AvgIpc) is 3.10. The quantitative estimate of drug-likeness (QED) is 0.316. The Morgan fingerprint density at radius 2 is 1.51 bits per heavy atom. The number of carbonyl (C=O) groups is 4. The minimum atomic E-state index is -0.816. The normalized spacial score (nSPS) is 20.4. The van der Waals surface area contributed by atoms with E-state index in [-0.39, 0.29) is 42.7 Å². The molecule has 2 aromatic carbocycles. The number of para-hydroxylation sites is 1. The smallest absolute Gasteiger partial charge is 0.322 e. The molecule has 4 heterocycles. The predicted octanol–water partition coefficient (Wildman–Crippen LogP) is 3.74. The van der Waals surface area contributed by atoms with Crippen molar-refractivity contribution >= 4 is 61.5 Å². The SMILES string of the molecule is O=C(O)CN1CCC(N2CCN(C(=O)[C@@H](Cc3cc(Br)c(O)c(Br)c3)NC(=O)N3CCC(N4Cc5ccccc5NC4=O)CC3)CC2)CC1. The molecule has 4 N–H and O–H groups in total. The predicted molar refractivity (Wildman–Crippen MR) is 190 cm³/mol. The second kappa shape index (κ2) is 15.7. The molecule has 5 amide bonds. The summed E-state index contributed by atoms with van der Waals surface area (Å²) in [6.45, 7) is 5.53. The fraction of sp³-hybridized carbons (Fsp3) is 0.529. The molecule has 0 aliphatic carbocycles. The number of anilines is 1. The third-order valence-corrected chi connectivity index (χ3v) is 11.4. The van der Waals surface area contributed by atoms with Crippen LogP contribution in [0.25, 0.3) is 0 Å². The van der Waals surface area contributed by atoms with E-state index < -0.39 is 12.0 Å². The Hall–Kier alpha value is -3.40. The van der Waals surface area contributed by atoms with Crippen LogP contribution in [0.4, 0.5) is 15.3 Å². The first-order chi connectivity index (χ1) is 23.5. The minimum absolute atomic E-state index is 0.00207. The molecule has 4 aliphatic rings. The van der Waals surface area contributed by atoms with Crippen LogP contribution in [0.3, 0.4) is 0 Å². The van der Waals surface area contributed by atoms with Crippen molar-refractivity contribution in [3.05, 3.63) is 56.5 Å². The first-order valence-corrected chi connectivity index (χ1v) is 18.5. The van der Waals surface area contributed by atoms with E-state index in [1.165, 1.54) is 0 Å². The van der Waals surface area contributed by atoms with Crippen LogP contribution in [0.2, 0.25) is 0 Å². The monoisotopic (exact) mass is 803 g/mol. The fourth-order valence-corrected chi connectivity index (χ4v) is 8.75. The maximum Gasteiger partial charge on any atom is 0.322 e. The number of rotatable bonds is 8. The van der Waals surface area contributed by atoms with E-state index >= 15 is 0 Å². The Labute approximate surface area is 302 Å². The van der Waals surface area contributed by atoms with Crippen LogP contribution in [-0.2, 0) is 22.6 Å². The van der Waals surface area contributed by atoms with Crippen molar-refractivity contribution in [2.24, 2.45) is 0 Å². The number of fused-ring (bicyclic) bond motifs is 1. The Morgan fingerprint density at radius 1 is 0.878 bits per heavy atom. The third-order valence-electron chi connectivity index (χ3n) is 10.2. The van der Waals surface area contributed by atoms with Gasteiger partial charge in [0.1, 0.15) is 11.8 Å². The van der Waals surface area contributed by atoms with Crippen LogP contribution in [0.15, 0.2) is 45.3 Å². The Balaban J connectivity index is 1.07. The molecule has 1 atom stereocenters. The molecular formula is C34H43Br2N7O6. The van der Waals surface area contributed by atoms with Gasteiger partial charge in [-0.25, -0.2) is 9.59 Å². The molecule has 0 spiro atoms. The number of phenolic OH excluding ortho intramolecular Hbond substituents is 1. The van der Waals surface area contributed by atoms with E-state index in [4.69, 9.17) is 5.11 Å². The summed E-state index contributed by atoms with van der Waals surface area (Å²) < 4.78 is 0.979. The van der Waals surface area contributed by atoms with E-state index in [1.54, 1.807) is 17.0 Å². The van der Waals surface area contributed by atoms with Gasteiger partial charge in [-0.3, -0.25) is 19.4 Å². The lowest BCUT2D eigenvalue weighted by Crippen LogP contribution is -2.59. The summed E-state index contributed by atoms with van der Waals surface area (Å²) in [4.78, 5) is 61.5. The molecule has 49 heavy (non-hydrogen) atoms. The highest BCUT2D eigenvalue weighted by molar-refractivity contribution is 9.11. The molecule has 0 saturated carbocycles. The number of nitrogens with one attached hydrogen (secondary N) is 2. The number of urea groups is 2. The van der Waals surface area contributed by atoms with Crippen LogP contribution in [0, 0.1) is 0 Å². The van der Waals surface area contributed by atoms with Crippen LogP contribution >= 0.6 is 31.9 Å². The van der Waals surface area contributed by atoms with Gasteiger partial charge in [0.05, 0.1) is 15.5 Å². The highest BCUT2D eigenvalue weighted by Crippen LogP contribution is 2.34. The summed E-state index contributed by atoms with van der Waals surface area (Å²) in [6, 6.07) is 10.4. The molecule has 2 aromatic rings. The first-order valence-electron chi connectivity index (χ1n) is 16.9. The number of hydrogen-bond donors (Lipinski definition) is 4. The summed E-state index contributed by atoms with van der Waals surface area (Å²) in [7, 11) is 0. The molecule has 0 aromatic heterocycles. The van der Waals surface area contributed by atoms with Gasteiger partial charge in [0.25, 0.3) is 0 Å². The molecule has 0 unspecified atom stereocenters. The maximum atomic E-state index is 14.1. The number of benzene rings is 2. The molecule has 264 valence electrons. The molecule has 6 rings (SSSR count). The van der Waals surface area contributed by atoms with Crippen LogP contribution in [0.5, 0.6) is 5.75 Å². The zero-order valence-electron chi connectivity index (χ0n) is 27.3. The zero-order valence-corrected chi connectivity index (χ0v) is 30.5. The second-order valence-corrected chi connectivity index (χ2v) is 15.0. The van der Waals surface area contributed by atoms with Crippen molar-refractivity contribution in [1.82, 2.24) is 29.8 Å². The van der Waals surface area contributed by atoms with Crippen molar-refractivity contribution in [3.63, 3.8) is 0 Å². The molecule has 3 saturated heterocycles. The van der Waals surface area contributed by atoms with Gasteiger partial charge in [0.15, 0.2) is 0 Å². The Kier molecular flexibility index (Phi) is 11.3. The van der Waals surface area contributed by atoms with Crippen LogP contribution in [0.1, 0.15) is 36.8 Å². The Bertz CT molecular complexity index is 1530. The highest BCUT2D eigenvalue weighted by atomic mass is 79.9. The summed E-state index contributed by atoms with van der Waals surface area (Å²) in [5.74, 6) is -0.890. The number of phenols is 1. The number of nitrogens with zero attached hydrogens (tertiary/aromatic N) is 5. The number of halogens is 2. The second-order valence-electron chi connectivity index (χ2n) is 13.3. The van der Waals surface area contributed by atoms with Crippen molar-refractivity contribution in [1.29, 1.82) is 0 Å². The van der Waals surface area contributed by atoms with Gasteiger partial charge in [-0.05, 0) is 86.9 Å². The number of likely N-dealkylation sites (tertiary alicyclic amines) is 2. The third kappa shape index (κ3) is 8.50. The van der Waals surface area contributed by atoms with Gasteiger partial charge in [-0.2, -0.15) is 0 Å². The maximum absolute atomic E-state index is 14.1. The molecule has 15 heteroatoms. The van der Waals surface area contributed by atoms with Crippen molar-refractivity contribution < 1.29 is 29.4 Å². The lowest BCUT2D eigenvalue weighted by atomic mass is 10.0. The van der Waals surface area contributed by atoms with E-state index in [2.05, 4.69) is 47.4 Å². The van der Waals surface area contributed by atoms with E-state index in [9.17, 15) is 24.3 Å². The summed E-state index contributed by atoms with van der Waals surface area (Å²) in [5.41, 5.74) is 2.68. The average molecular weight is 806 g/mol. The van der Waals surface area contributed by atoms with Crippen molar-refractivity contribution in [3.8, 4) is 5.75 Å². The molecule has 3 fully saturated rings. The van der Waals surface area contributed by atoms with Gasteiger partial charge in [-0.15, -0.1) is 0 Å². The molecule has 4 aliphatic heterocycles. The highest BCUT2D eigenvalue weighted by Gasteiger charge is 2.36. The van der Waals surface area contributed by atoms with Crippen molar-refractivity contribution in [2.45, 2.75) is 56.8 Å². The largest absolute Gasteiger partial charge is 0.506 e. The molecule has 0 bridgehead atoms. The zero-order chi connectivity index (χ0) is 34.7. The molecular weight excluding hydrogens is 762 g/mol. The topological polar surface area (TPSA) is 149 Å². The van der Waals surface area contributed by atoms with Gasteiger partial charge in [-0.1, -0.05) is 18.2 Å². The lowest BCUT2D eigenvalue weighted by molar-refractivity contribution is -0.138. The first kappa shape index (κ1) is 35.4. The molecule has 13 nitrogen and oxygen atoms in total. The van der Waals surface area contributed by atoms with E-state index in [0.717, 1.165) is 42.7 Å². The molecule has 0 radical (unpaired) electrons.